The minimum atomic E-state index is -0.896. The molecule has 3 rings (SSSR count). The summed E-state index contributed by atoms with van der Waals surface area (Å²) in [5, 5.41) is 12.1. The SMILES string of the molecule is N#CC1(NC(=O)COC(=O)[C@H]2CC(=O)N(c3ccccc3F)C2)CCCCC1. The van der Waals surface area contributed by atoms with Crippen LogP contribution in [-0.4, -0.2) is 36.5 Å². The van der Waals surface area contributed by atoms with Gasteiger partial charge < -0.3 is 15.0 Å². The van der Waals surface area contributed by atoms with Crippen LogP contribution in [0.25, 0.3) is 0 Å². The van der Waals surface area contributed by atoms with Crippen molar-refractivity contribution in [2.24, 2.45) is 5.92 Å². The molecule has 0 radical (unpaired) electrons. The molecule has 1 N–H and O–H groups in total. The van der Waals surface area contributed by atoms with Crippen molar-refractivity contribution in [1.29, 1.82) is 5.26 Å². The highest BCUT2D eigenvalue weighted by Gasteiger charge is 2.38. The number of halogens is 1. The first-order valence-electron chi connectivity index (χ1n) is 9.38. The number of hydrogen-bond donors (Lipinski definition) is 1. The number of nitrogens with zero attached hydrogens (tertiary/aromatic N) is 2. The van der Waals surface area contributed by atoms with E-state index in [0.717, 1.165) is 19.3 Å². The fourth-order valence-electron chi connectivity index (χ4n) is 3.75. The smallest absolute Gasteiger partial charge is 0.311 e. The number of nitriles is 1. The van der Waals surface area contributed by atoms with Crippen molar-refractivity contribution in [1.82, 2.24) is 5.32 Å². The van der Waals surface area contributed by atoms with Crippen LogP contribution >= 0.6 is 0 Å². The molecule has 148 valence electrons. The molecule has 1 heterocycles. The average molecular weight is 387 g/mol. The lowest BCUT2D eigenvalue weighted by molar-refractivity contribution is -0.152. The zero-order valence-electron chi connectivity index (χ0n) is 15.4. The van der Waals surface area contributed by atoms with E-state index in [1.54, 1.807) is 6.07 Å². The summed E-state index contributed by atoms with van der Waals surface area (Å²) in [6.07, 6.45) is 3.82. The van der Waals surface area contributed by atoms with Crippen LogP contribution in [0.5, 0.6) is 0 Å². The van der Waals surface area contributed by atoms with Gasteiger partial charge in [-0.2, -0.15) is 5.26 Å². The first-order chi connectivity index (χ1) is 13.4. The molecule has 8 heteroatoms. The topological polar surface area (TPSA) is 99.5 Å². The van der Waals surface area contributed by atoms with E-state index in [-0.39, 0.29) is 24.6 Å². The van der Waals surface area contributed by atoms with Crippen LogP contribution in [0.1, 0.15) is 38.5 Å². The Kier molecular flexibility index (Phi) is 5.93. The maximum Gasteiger partial charge on any atom is 0.311 e. The monoisotopic (exact) mass is 387 g/mol. The Labute approximate surface area is 162 Å². The quantitative estimate of drug-likeness (QED) is 0.780. The van der Waals surface area contributed by atoms with Crippen molar-refractivity contribution in [2.45, 2.75) is 44.1 Å². The number of amides is 2. The van der Waals surface area contributed by atoms with Gasteiger partial charge in [0.05, 0.1) is 17.7 Å². The molecule has 2 fully saturated rings. The number of carbonyl (C=O) groups is 3. The number of ether oxygens (including phenoxy) is 1. The molecule has 0 spiro atoms. The summed E-state index contributed by atoms with van der Waals surface area (Å²) in [6, 6.07) is 8.01. The van der Waals surface area contributed by atoms with Crippen molar-refractivity contribution in [3.63, 3.8) is 0 Å². The highest BCUT2D eigenvalue weighted by atomic mass is 19.1. The zero-order chi connectivity index (χ0) is 20.1. The molecule has 1 saturated heterocycles. The number of esters is 1. The van der Waals surface area contributed by atoms with Gasteiger partial charge in [0, 0.05) is 13.0 Å². The maximum absolute atomic E-state index is 13.9. The van der Waals surface area contributed by atoms with Gasteiger partial charge in [0.25, 0.3) is 5.91 Å². The fraction of sp³-hybridized carbons (Fsp3) is 0.500. The van der Waals surface area contributed by atoms with Gasteiger partial charge in [-0.1, -0.05) is 31.4 Å². The third kappa shape index (κ3) is 4.30. The number of nitrogens with one attached hydrogen (secondary N) is 1. The molecule has 0 unspecified atom stereocenters. The fourth-order valence-corrected chi connectivity index (χ4v) is 3.75. The first-order valence-corrected chi connectivity index (χ1v) is 9.38. The summed E-state index contributed by atoms with van der Waals surface area (Å²) in [4.78, 5) is 37.8. The minimum Gasteiger partial charge on any atom is -0.455 e. The number of hydrogen-bond acceptors (Lipinski definition) is 5. The number of carbonyl (C=O) groups excluding carboxylic acids is 3. The van der Waals surface area contributed by atoms with Gasteiger partial charge in [-0.15, -0.1) is 0 Å². The maximum atomic E-state index is 13.9. The van der Waals surface area contributed by atoms with Crippen LogP contribution in [0.3, 0.4) is 0 Å². The third-order valence-corrected chi connectivity index (χ3v) is 5.25. The molecule has 1 aromatic rings. The van der Waals surface area contributed by atoms with E-state index < -0.39 is 35.8 Å². The standard InChI is InChI=1S/C20H22FN3O4/c21-15-6-2-3-7-16(15)24-11-14(10-18(24)26)19(27)28-12-17(25)23-20(13-22)8-4-1-5-9-20/h2-3,6-7,14H,1,4-5,8-12H2,(H,23,25)/t14-/m0/s1. The van der Waals surface area contributed by atoms with Crippen LogP contribution < -0.4 is 10.2 Å². The molecule has 2 amide bonds. The van der Waals surface area contributed by atoms with Gasteiger partial charge in [0.2, 0.25) is 5.91 Å². The summed E-state index contributed by atoms with van der Waals surface area (Å²) in [7, 11) is 0. The number of rotatable bonds is 5. The second kappa shape index (κ2) is 8.38. The molecular weight excluding hydrogens is 365 g/mol. The highest BCUT2D eigenvalue weighted by Crippen LogP contribution is 2.29. The van der Waals surface area contributed by atoms with Gasteiger partial charge in [-0.25, -0.2) is 4.39 Å². The van der Waals surface area contributed by atoms with Crippen molar-refractivity contribution in [2.75, 3.05) is 18.1 Å². The Hall–Kier alpha value is -2.95. The van der Waals surface area contributed by atoms with Gasteiger partial charge in [-0.3, -0.25) is 14.4 Å². The largest absolute Gasteiger partial charge is 0.455 e. The Bertz CT molecular complexity index is 814. The zero-order valence-corrected chi connectivity index (χ0v) is 15.4. The summed E-state index contributed by atoms with van der Waals surface area (Å²) in [6.45, 7) is -0.505. The number of para-hydroxylation sites is 1. The van der Waals surface area contributed by atoms with Crippen LogP contribution in [0.2, 0.25) is 0 Å². The van der Waals surface area contributed by atoms with Gasteiger partial charge in [-0.05, 0) is 25.0 Å². The third-order valence-electron chi connectivity index (χ3n) is 5.25. The molecule has 7 nitrogen and oxygen atoms in total. The van der Waals surface area contributed by atoms with Crippen molar-refractivity contribution >= 4 is 23.5 Å². The predicted octanol–water partition coefficient (Wildman–Crippen LogP) is 2.06. The molecule has 1 aliphatic carbocycles. The molecule has 28 heavy (non-hydrogen) atoms. The second-order valence-electron chi connectivity index (χ2n) is 7.27. The summed E-state index contributed by atoms with van der Waals surface area (Å²) in [5.41, 5.74) is -0.777. The molecule has 1 aromatic carbocycles. The normalized spacial score (nSPS) is 21.1. The van der Waals surface area contributed by atoms with E-state index in [9.17, 15) is 24.0 Å². The summed E-state index contributed by atoms with van der Waals surface area (Å²) in [5.74, 6) is -2.90. The van der Waals surface area contributed by atoms with E-state index in [1.165, 1.54) is 23.1 Å². The van der Waals surface area contributed by atoms with E-state index in [2.05, 4.69) is 11.4 Å². The highest BCUT2D eigenvalue weighted by molar-refractivity contribution is 5.99. The Balaban J connectivity index is 1.53. The van der Waals surface area contributed by atoms with Crippen molar-refractivity contribution < 1.29 is 23.5 Å². The summed E-state index contributed by atoms with van der Waals surface area (Å²) >= 11 is 0. The Morgan fingerprint density at radius 3 is 2.68 bits per heavy atom. The van der Waals surface area contributed by atoms with Crippen LogP contribution in [0.4, 0.5) is 10.1 Å². The van der Waals surface area contributed by atoms with Crippen LogP contribution in [0, 0.1) is 23.1 Å². The van der Waals surface area contributed by atoms with E-state index >= 15 is 0 Å². The molecule has 1 saturated carbocycles. The predicted molar refractivity (Wildman–Crippen MR) is 97.4 cm³/mol. The molecular formula is C20H22FN3O4. The lowest BCUT2D eigenvalue weighted by Crippen LogP contribution is -2.50. The molecule has 1 aliphatic heterocycles. The minimum absolute atomic E-state index is 0.00233. The van der Waals surface area contributed by atoms with Crippen LogP contribution in [-0.2, 0) is 19.1 Å². The van der Waals surface area contributed by atoms with E-state index in [0.29, 0.717) is 12.8 Å². The lowest BCUT2D eigenvalue weighted by Gasteiger charge is -2.31. The Morgan fingerprint density at radius 1 is 1.29 bits per heavy atom. The number of benzene rings is 1. The van der Waals surface area contributed by atoms with Gasteiger partial charge in [0.1, 0.15) is 11.4 Å². The van der Waals surface area contributed by atoms with Gasteiger partial charge >= 0.3 is 5.97 Å². The lowest BCUT2D eigenvalue weighted by atomic mass is 9.83. The summed E-state index contributed by atoms with van der Waals surface area (Å²) < 4.78 is 18.9. The average Bonchev–Trinajstić information content (AvgIpc) is 3.09. The molecule has 0 aromatic heterocycles. The van der Waals surface area contributed by atoms with Gasteiger partial charge in [0.15, 0.2) is 6.61 Å². The first kappa shape index (κ1) is 19.8. The molecule has 1 atom stereocenters. The molecule has 2 aliphatic rings. The van der Waals surface area contributed by atoms with Crippen molar-refractivity contribution in [3.8, 4) is 6.07 Å². The van der Waals surface area contributed by atoms with Crippen molar-refractivity contribution in [3.05, 3.63) is 30.1 Å². The second-order valence-corrected chi connectivity index (χ2v) is 7.27. The van der Waals surface area contributed by atoms with E-state index in [1.807, 2.05) is 0 Å². The molecule has 0 bridgehead atoms. The van der Waals surface area contributed by atoms with Crippen LogP contribution in [0.15, 0.2) is 24.3 Å². The Morgan fingerprint density at radius 2 is 2.00 bits per heavy atom. The number of anilines is 1. The van der Waals surface area contributed by atoms with E-state index in [4.69, 9.17) is 4.74 Å².